The molecule has 2 atom stereocenters. The van der Waals surface area contributed by atoms with Crippen molar-refractivity contribution >= 4 is 29.2 Å². The summed E-state index contributed by atoms with van der Waals surface area (Å²) in [5, 5.41) is 3.71. The number of carbonyl (C=O) groups is 2. The maximum Gasteiger partial charge on any atom is 0.322 e. The Morgan fingerprint density at radius 2 is 1.85 bits per heavy atom. The molecule has 1 heterocycles. The van der Waals surface area contributed by atoms with Crippen LogP contribution in [0.5, 0.6) is 0 Å². The number of rotatable bonds is 8. The van der Waals surface area contributed by atoms with Crippen LogP contribution in [-0.4, -0.2) is 72.5 Å². The van der Waals surface area contributed by atoms with Crippen LogP contribution < -0.4 is 5.32 Å². The van der Waals surface area contributed by atoms with Gasteiger partial charge in [0.05, 0.1) is 0 Å². The van der Waals surface area contributed by atoms with E-state index in [1.54, 1.807) is 12.1 Å². The highest BCUT2D eigenvalue weighted by Crippen LogP contribution is 2.59. The number of nitrogens with zero attached hydrogens (tertiary/aromatic N) is 3. The lowest BCUT2D eigenvalue weighted by Crippen LogP contribution is -2.52. The Balaban J connectivity index is 1.37. The first kappa shape index (κ1) is 25.1. The Hall–Kier alpha value is -2.05. The largest absolute Gasteiger partial charge is 0.340 e. The number of anilines is 1. The lowest BCUT2D eigenvalue weighted by molar-refractivity contribution is -0.133. The number of amides is 3. The van der Waals surface area contributed by atoms with E-state index < -0.39 is 0 Å². The second kappa shape index (κ2) is 10.7. The molecule has 1 saturated carbocycles. The molecule has 5 rings (SSSR count). The van der Waals surface area contributed by atoms with Crippen LogP contribution in [0.3, 0.4) is 0 Å². The van der Waals surface area contributed by atoms with E-state index in [1.807, 2.05) is 28.9 Å². The molecule has 0 aromatic heterocycles. The number of allylic oxidation sites excluding steroid dienone is 1. The monoisotopic (exact) mass is 486 g/mol. The molecule has 2 bridgehead atoms. The molecule has 1 aromatic rings. The quantitative estimate of drug-likeness (QED) is 0.519. The van der Waals surface area contributed by atoms with E-state index >= 15 is 0 Å². The molecule has 0 spiro atoms. The van der Waals surface area contributed by atoms with Gasteiger partial charge < -0.3 is 15.1 Å². The molecule has 34 heavy (non-hydrogen) atoms. The number of hydrogen-bond acceptors (Lipinski definition) is 3. The Morgan fingerprint density at radius 3 is 2.47 bits per heavy atom. The third kappa shape index (κ3) is 5.60. The van der Waals surface area contributed by atoms with Crippen molar-refractivity contribution in [2.75, 3.05) is 51.1 Å². The minimum absolute atomic E-state index is 0.0702. The van der Waals surface area contributed by atoms with Crippen LogP contribution in [-0.2, 0) is 4.79 Å². The Labute approximate surface area is 209 Å². The second-order valence-corrected chi connectivity index (χ2v) is 11.1. The summed E-state index contributed by atoms with van der Waals surface area (Å²) in [6, 6.07) is 7.19. The Morgan fingerprint density at radius 1 is 1.15 bits per heavy atom. The van der Waals surface area contributed by atoms with E-state index in [-0.39, 0.29) is 11.9 Å². The number of nitrogens with one attached hydrogen (secondary N) is 1. The summed E-state index contributed by atoms with van der Waals surface area (Å²) in [4.78, 5) is 31.8. The Kier molecular flexibility index (Phi) is 7.88. The van der Waals surface area contributed by atoms with E-state index in [9.17, 15) is 9.59 Å². The van der Waals surface area contributed by atoms with E-state index in [4.69, 9.17) is 11.6 Å². The fourth-order valence-corrected chi connectivity index (χ4v) is 5.85. The van der Waals surface area contributed by atoms with Gasteiger partial charge in [-0.1, -0.05) is 44.0 Å². The van der Waals surface area contributed by atoms with Crippen LogP contribution >= 0.6 is 11.6 Å². The van der Waals surface area contributed by atoms with Gasteiger partial charge >= 0.3 is 6.03 Å². The van der Waals surface area contributed by atoms with Gasteiger partial charge in [-0.2, -0.15) is 0 Å². The third-order valence-corrected chi connectivity index (χ3v) is 8.47. The van der Waals surface area contributed by atoms with Crippen molar-refractivity contribution < 1.29 is 9.59 Å². The zero-order chi connectivity index (χ0) is 24.3. The molecular weight excluding hydrogens is 448 g/mol. The number of benzene rings is 1. The molecule has 0 radical (unpaired) electrons. The smallest absolute Gasteiger partial charge is 0.322 e. The molecule has 186 valence electrons. The number of fused-ring (bicyclic) bond motifs is 1. The molecule has 3 aliphatic carbocycles. The number of hydrogen-bond donors (Lipinski definition) is 1. The van der Waals surface area contributed by atoms with Gasteiger partial charge in [0, 0.05) is 62.9 Å². The first-order chi connectivity index (χ1) is 16.3. The predicted molar refractivity (Wildman–Crippen MR) is 138 cm³/mol. The summed E-state index contributed by atoms with van der Waals surface area (Å²) in [7, 11) is 0. The number of urea groups is 1. The lowest BCUT2D eigenvalue weighted by atomic mass is 9.49. The summed E-state index contributed by atoms with van der Waals surface area (Å²) in [5.74, 6) is 1.62. The van der Waals surface area contributed by atoms with Gasteiger partial charge in [-0.25, -0.2) is 4.79 Å². The number of piperazine rings is 1. The van der Waals surface area contributed by atoms with E-state index in [0.717, 1.165) is 57.2 Å². The number of carbonyl (C=O) groups excluding carboxylic acids is 2. The molecule has 1 aliphatic heterocycles. The van der Waals surface area contributed by atoms with Gasteiger partial charge in [-0.15, -0.1) is 0 Å². The van der Waals surface area contributed by atoms with Gasteiger partial charge in [0.15, 0.2) is 0 Å². The summed E-state index contributed by atoms with van der Waals surface area (Å²) in [6.45, 7) is 12.2. The highest BCUT2D eigenvalue weighted by Gasteiger charge is 2.51. The van der Waals surface area contributed by atoms with Gasteiger partial charge in [-0.05, 0) is 60.8 Å². The summed E-state index contributed by atoms with van der Waals surface area (Å²) in [6.07, 6.45) is 6.28. The zero-order valence-electron chi connectivity index (χ0n) is 20.9. The van der Waals surface area contributed by atoms with Gasteiger partial charge in [0.1, 0.15) is 0 Å². The van der Waals surface area contributed by atoms with Crippen LogP contribution in [0.15, 0.2) is 35.9 Å². The first-order valence-electron chi connectivity index (χ1n) is 12.8. The van der Waals surface area contributed by atoms with Crippen molar-refractivity contribution in [3.05, 3.63) is 40.9 Å². The van der Waals surface area contributed by atoms with Crippen molar-refractivity contribution in [3.63, 3.8) is 0 Å². The average molecular weight is 487 g/mol. The standard InChI is InChI=1S/C27H39ClN4O2/c1-4-5-25(33)31-15-12-30(13-16-31)14-17-32(26(34)29-23-10-8-22(28)9-11-23)19-20-6-7-21-18-24(20)27(21,2)3/h6,8-11,21,24H,4-5,7,12-19H2,1-3H3,(H,29,34). The zero-order valence-corrected chi connectivity index (χ0v) is 21.6. The minimum Gasteiger partial charge on any atom is -0.340 e. The highest BCUT2D eigenvalue weighted by atomic mass is 35.5. The Bertz CT molecular complexity index is 906. The molecule has 6 nitrogen and oxygen atoms in total. The molecule has 4 aliphatic rings. The van der Waals surface area contributed by atoms with Crippen LogP contribution in [0.4, 0.5) is 10.5 Å². The van der Waals surface area contributed by atoms with Gasteiger partial charge in [0.2, 0.25) is 5.91 Å². The van der Waals surface area contributed by atoms with Crippen LogP contribution in [0, 0.1) is 17.3 Å². The lowest BCUT2D eigenvalue weighted by Gasteiger charge is -2.57. The molecule has 2 unspecified atom stereocenters. The average Bonchev–Trinajstić information content (AvgIpc) is 2.83. The van der Waals surface area contributed by atoms with Crippen molar-refractivity contribution in [2.45, 2.75) is 46.5 Å². The third-order valence-electron chi connectivity index (χ3n) is 8.21. The van der Waals surface area contributed by atoms with E-state index in [2.05, 4.69) is 30.1 Å². The van der Waals surface area contributed by atoms with Crippen molar-refractivity contribution in [1.82, 2.24) is 14.7 Å². The fraction of sp³-hybridized carbons (Fsp3) is 0.630. The van der Waals surface area contributed by atoms with Gasteiger partial charge in [0.25, 0.3) is 0 Å². The second-order valence-electron chi connectivity index (χ2n) is 10.7. The van der Waals surface area contributed by atoms with E-state index in [1.165, 1.54) is 12.0 Å². The molecule has 2 fully saturated rings. The van der Waals surface area contributed by atoms with Gasteiger partial charge in [-0.3, -0.25) is 9.69 Å². The van der Waals surface area contributed by atoms with Crippen molar-refractivity contribution in [2.24, 2.45) is 17.3 Å². The van der Waals surface area contributed by atoms with E-state index in [0.29, 0.717) is 35.9 Å². The summed E-state index contributed by atoms with van der Waals surface area (Å²) < 4.78 is 0. The van der Waals surface area contributed by atoms with Crippen LogP contribution in [0.25, 0.3) is 0 Å². The molecule has 3 amide bonds. The molecule has 7 heteroatoms. The molecule has 1 saturated heterocycles. The summed E-state index contributed by atoms with van der Waals surface area (Å²) >= 11 is 6.01. The van der Waals surface area contributed by atoms with Crippen LogP contribution in [0.1, 0.15) is 46.5 Å². The molecule has 1 aromatic carbocycles. The summed E-state index contributed by atoms with van der Waals surface area (Å²) in [5.41, 5.74) is 2.50. The highest BCUT2D eigenvalue weighted by molar-refractivity contribution is 6.30. The molecule has 1 N–H and O–H groups in total. The topological polar surface area (TPSA) is 55.9 Å². The van der Waals surface area contributed by atoms with Crippen molar-refractivity contribution in [1.29, 1.82) is 0 Å². The molecular formula is C27H39ClN4O2. The SMILES string of the molecule is CCCC(=O)N1CCN(CCN(CC2=CCC3CC2C3(C)C)C(=O)Nc2ccc(Cl)cc2)CC1. The maximum atomic E-state index is 13.3. The maximum absolute atomic E-state index is 13.3. The minimum atomic E-state index is -0.0702. The van der Waals surface area contributed by atoms with Crippen molar-refractivity contribution in [3.8, 4) is 0 Å². The first-order valence-corrected chi connectivity index (χ1v) is 13.2. The van der Waals surface area contributed by atoms with Crippen LogP contribution in [0.2, 0.25) is 5.02 Å². The number of halogens is 1. The normalized spacial score (nSPS) is 23.6. The predicted octanol–water partition coefficient (Wildman–Crippen LogP) is 5.11. The fourth-order valence-electron chi connectivity index (χ4n) is 5.72.